The molecule has 106 valence electrons. The van der Waals surface area contributed by atoms with Crippen LogP contribution in [0.3, 0.4) is 0 Å². The first kappa shape index (κ1) is 14.4. The molecule has 2 unspecified atom stereocenters. The van der Waals surface area contributed by atoms with Crippen molar-refractivity contribution in [3.8, 4) is 0 Å². The molecule has 1 aliphatic rings. The number of rotatable bonds is 4. The summed E-state index contributed by atoms with van der Waals surface area (Å²) in [4.78, 5) is 2.08. The summed E-state index contributed by atoms with van der Waals surface area (Å²) in [5.74, 6) is -0.841. The Balaban J connectivity index is 2.21. The summed E-state index contributed by atoms with van der Waals surface area (Å²) in [7, 11) is 0. The Bertz CT molecular complexity index is 428. The van der Waals surface area contributed by atoms with E-state index in [0.717, 1.165) is 18.6 Å². The van der Waals surface area contributed by atoms with Gasteiger partial charge in [-0.25, -0.2) is 8.78 Å². The molecule has 0 radical (unpaired) electrons. The molecule has 2 atom stereocenters. The van der Waals surface area contributed by atoms with Gasteiger partial charge in [0.15, 0.2) is 0 Å². The van der Waals surface area contributed by atoms with Crippen molar-refractivity contribution in [2.24, 2.45) is 5.73 Å². The number of halogens is 2. The van der Waals surface area contributed by atoms with E-state index in [-0.39, 0.29) is 18.7 Å². The first-order chi connectivity index (χ1) is 9.15. The largest absolute Gasteiger partial charge is 0.376 e. The second-order valence-corrected chi connectivity index (χ2v) is 4.81. The van der Waals surface area contributed by atoms with Crippen molar-refractivity contribution in [3.63, 3.8) is 0 Å². The van der Waals surface area contributed by atoms with E-state index < -0.39 is 11.6 Å². The van der Waals surface area contributed by atoms with Crippen molar-refractivity contribution in [2.75, 3.05) is 26.2 Å². The fourth-order valence-electron chi connectivity index (χ4n) is 2.51. The van der Waals surface area contributed by atoms with E-state index in [1.807, 2.05) is 6.92 Å². The Morgan fingerprint density at radius 1 is 1.47 bits per heavy atom. The molecular weight excluding hydrogens is 250 g/mol. The molecule has 2 rings (SSSR count). The maximum Gasteiger partial charge on any atom is 0.128 e. The van der Waals surface area contributed by atoms with Gasteiger partial charge in [0.2, 0.25) is 0 Å². The highest BCUT2D eigenvalue weighted by atomic mass is 19.1. The summed E-state index contributed by atoms with van der Waals surface area (Å²) < 4.78 is 32.8. The Labute approximate surface area is 112 Å². The topological polar surface area (TPSA) is 38.5 Å². The zero-order valence-electron chi connectivity index (χ0n) is 11.1. The van der Waals surface area contributed by atoms with Crippen LogP contribution in [0.5, 0.6) is 0 Å². The molecule has 5 heteroatoms. The molecule has 0 aliphatic carbocycles. The minimum Gasteiger partial charge on any atom is -0.376 e. The van der Waals surface area contributed by atoms with Gasteiger partial charge in [-0.2, -0.15) is 0 Å². The van der Waals surface area contributed by atoms with Gasteiger partial charge in [0.1, 0.15) is 11.6 Å². The lowest BCUT2D eigenvalue weighted by Crippen LogP contribution is -2.46. The number of hydrogen-bond donors (Lipinski definition) is 1. The third kappa shape index (κ3) is 3.29. The highest BCUT2D eigenvalue weighted by Gasteiger charge is 2.27. The molecule has 1 heterocycles. The standard InChI is InChI=1S/C14H20F2N2O/c1-2-11-9-18(5-6-19-11)14(8-17)12-7-10(15)3-4-13(12)16/h3-4,7,11,14H,2,5-6,8-9,17H2,1H3. The zero-order chi connectivity index (χ0) is 13.8. The van der Waals surface area contributed by atoms with Gasteiger partial charge in [-0.15, -0.1) is 0 Å². The van der Waals surface area contributed by atoms with Gasteiger partial charge >= 0.3 is 0 Å². The summed E-state index contributed by atoms with van der Waals surface area (Å²) in [5.41, 5.74) is 6.10. The van der Waals surface area contributed by atoms with Gasteiger partial charge in [0.05, 0.1) is 18.8 Å². The van der Waals surface area contributed by atoms with Gasteiger partial charge in [-0.1, -0.05) is 6.92 Å². The Kier molecular flexibility index (Phi) is 4.85. The lowest BCUT2D eigenvalue weighted by molar-refractivity contribution is -0.0441. The highest BCUT2D eigenvalue weighted by Crippen LogP contribution is 2.25. The quantitative estimate of drug-likeness (QED) is 0.910. The third-order valence-electron chi connectivity index (χ3n) is 3.61. The molecule has 0 spiro atoms. The fourth-order valence-corrected chi connectivity index (χ4v) is 2.51. The van der Waals surface area contributed by atoms with Crippen LogP contribution in [0, 0.1) is 11.6 Å². The third-order valence-corrected chi connectivity index (χ3v) is 3.61. The number of hydrogen-bond acceptors (Lipinski definition) is 3. The van der Waals surface area contributed by atoms with E-state index in [0.29, 0.717) is 25.3 Å². The summed E-state index contributed by atoms with van der Waals surface area (Å²) in [6.45, 7) is 4.31. The SMILES string of the molecule is CCC1CN(C(CN)c2cc(F)ccc2F)CCO1. The average Bonchev–Trinajstić information content (AvgIpc) is 2.44. The van der Waals surface area contributed by atoms with Crippen LogP contribution in [0.2, 0.25) is 0 Å². The molecule has 19 heavy (non-hydrogen) atoms. The average molecular weight is 270 g/mol. The van der Waals surface area contributed by atoms with E-state index >= 15 is 0 Å². The number of nitrogens with two attached hydrogens (primary N) is 1. The van der Waals surface area contributed by atoms with Gasteiger partial charge in [0, 0.05) is 25.2 Å². The maximum absolute atomic E-state index is 13.9. The van der Waals surface area contributed by atoms with Crippen LogP contribution in [-0.4, -0.2) is 37.2 Å². The Morgan fingerprint density at radius 2 is 2.26 bits per heavy atom. The number of benzene rings is 1. The van der Waals surface area contributed by atoms with Crippen molar-refractivity contribution >= 4 is 0 Å². The molecule has 2 N–H and O–H groups in total. The van der Waals surface area contributed by atoms with E-state index in [1.165, 1.54) is 6.07 Å². The molecule has 0 saturated carbocycles. The second-order valence-electron chi connectivity index (χ2n) is 4.81. The highest BCUT2D eigenvalue weighted by molar-refractivity contribution is 5.23. The predicted octanol–water partition coefficient (Wildman–Crippen LogP) is 2.08. The second kappa shape index (κ2) is 6.41. The molecule has 0 bridgehead atoms. The van der Waals surface area contributed by atoms with Gasteiger partial charge in [-0.05, 0) is 24.6 Å². The number of ether oxygens (including phenoxy) is 1. The molecular formula is C14H20F2N2O. The van der Waals surface area contributed by atoms with Crippen LogP contribution < -0.4 is 5.73 Å². The first-order valence-electron chi connectivity index (χ1n) is 6.66. The monoisotopic (exact) mass is 270 g/mol. The minimum atomic E-state index is -0.435. The number of nitrogens with zero attached hydrogens (tertiary/aromatic N) is 1. The summed E-state index contributed by atoms with van der Waals surface area (Å²) in [6.07, 6.45) is 1.04. The van der Waals surface area contributed by atoms with Crippen LogP contribution in [0.15, 0.2) is 18.2 Å². The van der Waals surface area contributed by atoms with E-state index in [4.69, 9.17) is 10.5 Å². The van der Waals surface area contributed by atoms with Gasteiger partial charge in [-0.3, -0.25) is 4.90 Å². The lowest BCUT2D eigenvalue weighted by atomic mass is 10.0. The summed E-state index contributed by atoms with van der Waals surface area (Å²) in [6, 6.07) is 3.23. The summed E-state index contributed by atoms with van der Waals surface area (Å²) in [5, 5.41) is 0. The molecule has 0 aromatic heterocycles. The minimum absolute atomic E-state index is 0.138. The number of morpholine rings is 1. The van der Waals surface area contributed by atoms with Crippen LogP contribution >= 0.6 is 0 Å². The van der Waals surface area contributed by atoms with Crippen LogP contribution in [-0.2, 0) is 4.74 Å². The van der Waals surface area contributed by atoms with Crippen LogP contribution in [0.25, 0.3) is 0 Å². The van der Waals surface area contributed by atoms with Crippen molar-refractivity contribution < 1.29 is 13.5 Å². The first-order valence-corrected chi connectivity index (χ1v) is 6.66. The molecule has 3 nitrogen and oxygen atoms in total. The molecule has 1 aromatic rings. The molecule has 1 fully saturated rings. The van der Waals surface area contributed by atoms with Gasteiger partial charge in [0.25, 0.3) is 0 Å². The van der Waals surface area contributed by atoms with Crippen molar-refractivity contribution in [2.45, 2.75) is 25.5 Å². The van der Waals surface area contributed by atoms with Crippen LogP contribution in [0.1, 0.15) is 24.9 Å². The molecule has 1 aliphatic heterocycles. The fraction of sp³-hybridized carbons (Fsp3) is 0.571. The normalized spacial score (nSPS) is 22.4. The lowest BCUT2D eigenvalue weighted by Gasteiger charge is -2.38. The predicted molar refractivity (Wildman–Crippen MR) is 69.8 cm³/mol. The van der Waals surface area contributed by atoms with Gasteiger partial charge < -0.3 is 10.5 Å². The summed E-state index contributed by atoms with van der Waals surface area (Å²) >= 11 is 0. The zero-order valence-corrected chi connectivity index (χ0v) is 11.1. The Morgan fingerprint density at radius 3 is 2.95 bits per heavy atom. The smallest absolute Gasteiger partial charge is 0.128 e. The maximum atomic E-state index is 13.9. The van der Waals surface area contributed by atoms with Crippen LogP contribution in [0.4, 0.5) is 8.78 Å². The molecule has 1 aromatic carbocycles. The van der Waals surface area contributed by atoms with Crippen molar-refractivity contribution in [3.05, 3.63) is 35.4 Å². The van der Waals surface area contributed by atoms with E-state index in [2.05, 4.69) is 4.90 Å². The Hall–Kier alpha value is -1.04. The van der Waals surface area contributed by atoms with Crippen molar-refractivity contribution in [1.29, 1.82) is 0 Å². The molecule has 0 amide bonds. The van der Waals surface area contributed by atoms with E-state index in [9.17, 15) is 8.78 Å². The van der Waals surface area contributed by atoms with E-state index in [1.54, 1.807) is 0 Å². The van der Waals surface area contributed by atoms with Crippen molar-refractivity contribution in [1.82, 2.24) is 4.90 Å². The molecule has 1 saturated heterocycles.